The molecule has 226 valence electrons. The number of hydrogen-bond donors (Lipinski definition) is 1. The number of amides is 2. The third kappa shape index (κ3) is 9.21. The summed E-state index contributed by atoms with van der Waals surface area (Å²) in [6.45, 7) is 8.98. The molecule has 0 aliphatic rings. The van der Waals surface area contributed by atoms with Crippen molar-refractivity contribution in [3.63, 3.8) is 0 Å². The van der Waals surface area contributed by atoms with Gasteiger partial charge in [0.1, 0.15) is 12.6 Å². The van der Waals surface area contributed by atoms with E-state index in [-0.39, 0.29) is 24.8 Å². The van der Waals surface area contributed by atoms with Crippen LogP contribution in [0.4, 0.5) is 5.69 Å². The molecule has 7 nitrogen and oxygen atoms in total. The molecule has 0 bridgehead atoms. The SMILES string of the molecule is CC(C)c1ccccc1N(CC(=O)N(Cc1ccc(Cl)cc1Cl)C(Cc1ccccc1)C(=O)NC(C)(C)C)S(C)(=O)=O. The topological polar surface area (TPSA) is 86.8 Å². The fraction of sp³-hybridized carbons (Fsp3) is 0.375. The van der Waals surface area contributed by atoms with Gasteiger partial charge in [0.05, 0.1) is 11.9 Å². The monoisotopic (exact) mass is 631 g/mol. The average molecular weight is 633 g/mol. The van der Waals surface area contributed by atoms with Crippen LogP contribution in [0.5, 0.6) is 0 Å². The molecule has 0 aliphatic heterocycles. The van der Waals surface area contributed by atoms with E-state index in [1.165, 1.54) is 4.90 Å². The van der Waals surface area contributed by atoms with Gasteiger partial charge in [-0.05, 0) is 61.6 Å². The van der Waals surface area contributed by atoms with Crippen molar-refractivity contribution in [1.82, 2.24) is 10.2 Å². The van der Waals surface area contributed by atoms with Crippen molar-refractivity contribution >= 4 is 50.7 Å². The summed E-state index contributed by atoms with van der Waals surface area (Å²) in [6, 6.07) is 20.5. The zero-order valence-corrected chi connectivity index (χ0v) is 27.2. The molecular formula is C32H39Cl2N3O4S. The first-order chi connectivity index (χ1) is 19.6. The van der Waals surface area contributed by atoms with E-state index >= 15 is 0 Å². The predicted octanol–water partition coefficient (Wildman–Crippen LogP) is 6.44. The second-order valence-corrected chi connectivity index (χ2v) is 14.4. The highest BCUT2D eigenvalue weighted by atomic mass is 35.5. The van der Waals surface area contributed by atoms with E-state index in [1.807, 2.05) is 77.1 Å². The van der Waals surface area contributed by atoms with Gasteiger partial charge in [-0.2, -0.15) is 0 Å². The van der Waals surface area contributed by atoms with Gasteiger partial charge in [0.15, 0.2) is 0 Å². The van der Waals surface area contributed by atoms with E-state index in [0.717, 1.165) is 21.7 Å². The summed E-state index contributed by atoms with van der Waals surface area (Å²) in [7, 11) is -3.88. The summed E-state index contributed by atoms with van der Waals surface area (Å²) in [5, 5.41) is 3.77. The van der Waals surface area contributed by atoms with Crippen LogP contribution in [0.15, 0.2) is 72.8 Å². The van der Waals surface area contributed by atoms with Gasteiger partial charge >= 0.3 is 0 Å². The van der Waals surface area contributed by atoms with Crippen LogP contribution in [0.1, 0.15) is 57.2 Å². The minimum Gasteiger partial charge on any atom is -0.350 e. The lowest BCUT2D eigenvalue weighted by Crippen LogP contribution is -2.56. The van der Waals surface area contributed by atoms with E-state index < -0.39 is 34.1 Å². The maximum Gasteiger partial charge on any atom is 0.244 e. The molecule has 1 N–H and O–H groups in total. The van der Waals surface area contributed by atoms with Crippen molar-refractivity contribution in [3.8, 4) is 0 Å². The lowest BCUT2D eigenvalue weighted by molar-refractivity contribution is -0.140. The van der Waals surface area contributed by atoms with E-state index in [2.05, 4.69) is 5.32 Å². The van der Waals surface area contributed by atoms with Gasteiger partial charge in [-0.15, -0.1) is 0 Å². The number of carbonyl (C=O) groups excluding carboxylic acids is 2. The van der Waals surface area contributed by atoms with Crippen LogP contribution in [0.2, 0.25) is 10.0 Å². The van der Waals surface area contributed by atoms with Gasteiger partial charge in [0, 0.05) is 28.5 Å². The molecule has 0 saturated carbocycles. The van der Waals surface area contributed by atoms with Gasteiger partial charge in [0.2, 0.25) is 21.8 Å². The largest absolute Gasteiger partial charge is 0.350 e. The Hall–Kier alpha value is -3.07. The molecule has 0 heterocycles. The van der Waals surface area contributed by atoms with Crippen molar-refractivity contribution in [2.24, 2.45) is 0 Å². The van der Waals surface area contributed by atoms with Crippen molar-refractivity contribution in [2.75, 3.05) is 17.1 Å². The van der Waals surface area contributed by atoms with Crippen LogP contribution in [0.3, 0.4) is 0 Å². The van der Waals surface area contributed by atoms with Crippen LogP contribution in [0, 0.1) is 0 Å². The lowest BCUT2D eigenvalue weighted by atomic mass is 10.00. The number of anilines is 1. The summed E-state index contributed by atoms with van der Waals surface area (Å²) in [4.78, 5) is 29.6. The Morgan fingerprint density at radius 2 is 1.55 bits per heavy atom. The summed E-state index contributed by atoms with van der Waals surface area (Å²) in [5.74, 6) is -0.902. The Kier molecular flexibility index (Phi) is 11.1. The molecule has 0 aliphatic carbocycles. The van der Waals surface area contributed by atoms with Crippen molar-refractivity contribution < 1.29 is 18.0 Å². The van der Waals surface area contributed by atoms with Crippen molar-refractivity contribution in [2.45, 2.75) is 65.1 Å². The molecule has 2 amide bonds. The quantitative estimate of drug-likeness (QED) is 0.264. The molecule has 3 aromatic rings. The Balaban J connectivity index is 2.14. The third-order valence-corrected chi connectivity index (χ3v) is 8.35. The molecule has 0 radical (unpaired) electrons. The van der Waals surface area contributed by atoms with E-state index in [1.54, 1.807) is 30.3 Å². The minimum absolute atomic E-state index is 0.00733. The summed E-state index contributed by atoms with van der Waals surface area (Å²) >= 11 is 12.7. The lowest BCUT2D eigenvalue weighted by Gasteiger charge is -2.35. The van der Waals surface area contributed by atoms with Crippen LogP contribution in [-0.2, 0) is 32.6 Å². The number of rotatable bonds is 11. The summed E-state index contributed by atoms with van der Waals surface area (Å²) in [6.07, 6.45) is 1.28. The van der Waals surface area contributed by atoms with Gasteiger partial charge in [-0.1, -0.05) is 91.6 Å². The highest BCUT2D eigenvalue weighted by Gasteiger charge is 2.35. The molecule has 0 aromatic heterocycles. The van der Waals surface area contributed by atoms with Crippen molar-refractivity contribution in [1.29, 1.82) is 0 Å². The van der Waals surface area contributed by atoms with Gasteiger partial charge in [0.25, 0.3) is 0 Å². The third-order valence-electron chi connectivity index (χ3n) is 6.63. The number of halogens is 2. The molecule has 1 atom stereocenters. The zero-order valence-electron chi connectivity index (χ0n) is 24.9. The maximum absolute atomic E-state index is 14.3. The maximum atomic E-state index is 14.3. The number of carbonyl (C=O) groups is 2. The number of benzene rings is 3. The first-order valence-corrected chi connectivity index (χ1v) is 16.3. The Labute approximate surface area is 259 Å². The van der Waals surface area contributed by atoms with Crippen molar-refractivity contribution in [3.05, 3.63) is 99.5 Å². The Morgan fingerprint density at radius 3 is 2.12 bits per heavy atom. The number of para-hydroxylation sites is 1. The molecule has 42 heavy (non-hydrogen) atoms. The van der Waals surface area contributed by atoms with Crippen LogP contribution < -0.4 is 9.62 Å². The number of sulfonamides is 1. The second kappa shape index (κ2) is 13.9. The number of hydrogen-bond acceptors (Lipinski definition) is 4. The molecule has 0 fully saturated rings. The second-order valence-electron chi connectivity index (χ2n) is 11.7. The number of nitrogens with one attached hydrogen (secondary N) is 1. The zero-order chi connectivity index (χ0) is 31.2. The first-order valence-electron chi connectivity index (χ1n) is 13.7. The molecule has 10 heteroatoms. The van der Waals surface area contributed by atoms with Gasteiger partial charge in [-0.3, -0.25) is 13.9 Å². The normalized spacial score (nSPS) is 12.6. The molecule has 0 spiro atoms. The summed E-state index contributed by atoms with van der Waals surface area (Å²) in [5.41, 5.74) is 2.05. The Bertz CT molecular complexity index is 1510. The molecule has 1 unspecified atom stereocenters. The molecule has 0 saturated heterocycles. The van der Waals surface area contributed by atoms with E-state index in [9.17, 15) is 18.0 Å². The number of nitrogens with zero attached hydrogens (tertiary/aromatic N) is 2. The molecule has 3 aromatic carbocycles. The predicted molar refractivity (Wildman–Crippen MR) is 172 cm³/mol. The fourth-order valence-electron chi connectivity index (χ4n) is 4.64. The average Bonchev–Trinajstić information content (AvgIpc) is 2.89. The smallest absolute Gasteiger partial charge is 0.244 e. The first kappa shape index (κ1) is 33.4. The van der Waals surface area contributed by atoms with Crippen LogP contribution >= 0.6 is 23.2 Å². The van der Waals surface area contributed by atoms with Gasteiger partial charge in [-0.25, -0.2) is 8.42 Å². The molecular weight excluding hydrogens is 593 g/mol. The van der Waals surface area contributed by atoms with Crippen LogP contribution in [-0.4, -0.2) is 49.5 Å². The summed E-state index contributed by atoms with van der Waals surface area (Å²) < 4.78 is 27.4. The highest BCUT2D eigenvalue weighted by Crippen LogP contribution is 2.30. The van der Waals surface area contributed by atoms with Crippen LogP contribution in [0.25, 0.3) is 0 Å². The van der Waals surface area contributed by atoms with E-state index in [4.69, 9.17) is 23.2 Å². The molecule has 3 rings (SSSR count). The fourth-order valence-corrected chi connectivity index (χ4v) is 5.97. The Morgan fingerprint density at radius 1 is 0.929 bits per heavy atom. The minimum atomic E-state index is -3.88. The van der Waals surface area contributed by atoms with E-state index in [0.29, 0.717) is 21.3 Å². The van der Waals surface area contributed by atoms with Gasteiger partial charge < -0.3 is 10.2 Å². The standard InChI is InChI=1S/C32H39Cl2N3O4S/c1-22(2)26-14-10-11-15-28(26)37(42(6,40)41)21-30(38)36(20-24-16-17-25(33)19-27(24)34)29(31(39)35-32(3,4)5)18-23-12-8-7-9-13-23/h7-17,19,22,29H,18,20-21H2,1-6H3,(H,35,39). The highest BCUT2D eigenvalue weighted by molar-refractivity contribution is 7.92.